The number of carbonyl (C=O) groups excluding carboxylic acids is 1. The minimum absolute atomic E-state index is 0.328. The van der Waals surface area contributed by atoms with Crippen molar-refractivity contribution in [3.8, 4) is 0 Å². The van der Waals surface area contributed by atoms with E-state index in [1.807, 2.05) is 0 Å². The van der Waals surface area contributed by atoms with Gasteiger partial charge in [-0.2, -0.15) is 0 Å². The summed E-state index contributed by atoms with van der Waals surface area (Å²) in [5.41, 5.74) is 1.16. The second-order valence-corrected chi connectivity index (χ2v) is 3.99. The molecule has 0 bridgehead atoms. The van der Waals surface area contributed by atoms with Gasteiger partial charge in [0.15, 0.2) is 16.2 Å². The third-order valence-corrected chi connectivity index (χ3v) is 2.30. The molecule has 0 saturated heterocycles. The van der Waals surface area contributed by atoms with E-state index < -0.39 is 16.4 Å². The number of ketones is 1. The number of oxazole rings is 1. The van der Waals surface area contributed by atoms with Gasteiger partial charge in [-0.05, 0) is 18.2 Å². The third kappa shape index (κ3) is 1.91. The molecular weight excluding hydrogens is 241 g/mol. The van der Waals surface area contributed by atoms with Gasteiger partial charge in [0.1, 0.15) is 0 Å². The maximum absolute atomic E-state index is 11.4. The molecule has 0 unspecified atom stereocenters. The lowest BCUT2D eigenvalue weighted by Gasteiger charge is -1.99. The van der Waals surface area contributed by atoms with Crippen LogP contribution >= 0.6 is 23.2 Å². The van der Waals surface area contributed by atoms with E-state index in [-0.39, 0.29) is 0 Å². The van der Waals surface area contributed by atoms with Gasteiger partial charge in [-0.1, -0.05) is 23.2 Å². The normalized spacial score (nSPS) is 11.1. The Morgan fingerprint density at radius 2 is 2.13 bits per heavy atom. The number of hydrogen-bond donors (Lipinski definition) is 1. The molecule has 15 heavy (non-hydrogen) atoms. The number of hydrogen-bond acceptors (Lipinski definition) is 3. The quantitative estimate of drug-likeness (QED) is 0.651. The van der Waals surface area contributed by atoms with Crippen LogP contribution in [-0.2, 0) is 0 Å². The van der Waals surface area contributed by atoms with Crippen LogP contribution < -0.4 is 5.76 Å². The van der Waals surface area contributed by atoms with Crippen molar-refractivity contribution in [2.75, 3.05) is 0 Å². The number of aromatic amines is 1. The summed E-state index contributed by atoms with van der Waals surface area (Å²) in [5.74, 6) is -0.981. The Morgan fingerprint density at radius 1 is 1.40 bits per heavy atom. The Labute approximate surface area is 93.8 Å². The van der Waals surface area contributed by atoms with Crippen LogP contribution in [0.4, 0.5) is 0 Å². The Kier molecular flexibility index (Phi) is 2.54. The number of rotatable bonds is 2. The van der Waals surface area contributed by atoms with E-state index in [4.69, 9.17) is 27.6 Å². The van der Waals surface area contributed by atoms with Gasteiger partial charge < -0.3 is 4.42 Å². The number of halogens is 2. The molecule has 0 atom stereocenters. The second-order valence-electron chi connectivity index (χ2n) is 2.89. The Balaban J connectivity index is 2.55. The van der Waals surface area contributed by atoms with E-state index >= 15 is 0 Å². The monoisotopic (exact) mass is 245 g/mol. The molecule has 0 fully saturated rings. The average molecular weight is 246 g/mol. The van der Waals surface area contributed by atoms with Gasteiger partial charge in [0.25, 0.3) is 0 Å². The molecule has 1 N–H and O–H groups in total. The molecule has 1 heterocycles. The second kappa shape index (κ2) is 3.72. The fourth-order valence-electron chi connectivity index (χ4n) is 1.23. The predicted molar refractivity (Wildman–Crippen MR) is 56.7 cm³/mol. The van der Waals surface area contributed by atoms with Crippen LogP contribution in [0.2, 0.25) is 0 Å². The van der Waals surface area contributed by atoms with Crippen molar-refractivity contribution < 1.29 is 9.21 Å². The maximum Gasteiger partial charge on any atom is 0.417 e. The molecule has 78 valence electrons. The van der Waals surface area contributed by atoms with Gasteiger partial charge in [-0.25, -0.2) is 4.79 Å². The molecule has 0 radical (unpaired) electrons. The molecule has 1 aromatic carbocycles. The zero-order valence-electron chi connectivity index (χ0n) is 7.29. The van der Waals surface area contributed by atoms with Crippen LogP contribution in [0.15, 0.2) is 27.4 Å². The first-order chi connectivity index (χ1) is 7.08. The van der Waals surface area contributed by atoms with Crippen LogP contribution in [0.3, 0.4) is 0 Å². The fraction of sp³-hybridized carbons (Fsp3) is 0.111. The summed E-state index contributed by atoms with van der Waals surface area (Å²) >= 11 is 10.9. The SMILES string of the molecule is O=C(c1ccc2oc(=O)[nH]c2c1)C(Cl)Cl. The minimum Gasteiger partial charge on any atom is -0.408 e. The van der Waals surface area contributed by atoms with Crippen molar-refractivity contribution in [3.63, 3.8) is 0 Å². The molecule has 0 spiro atoms. The molecule has 4 nitrogen and oxygen atoms in total. The van der Waals surface area contributed by atoms with E-state index in [2.05, 4.69) is 4.98 Å². The Morgan fingerprint density at radius 3 is 2.80 bits per heavy atom. The lowest BCUT2D eigenvalue weighted by molar-refractivity contribution is 0.101. The smallest absolute Gasteiger partial charge is 0.408 e. The molecular formula is C9H5Cl2NO3. The highest BCUT2D eigenvalue weighted by Gasteiger charge is 2.15. The minimum atomic E-state index is -1.11. The summed E-state index contributed by atoms with van der Waals surface area (Å²) in [5, 5.41) is 0. The van der Waals surface area contributed by atoms with Crippen molar-refractivity contribution in [2.45, 2.75) is 4.84 Å². The van der Waals surface area contributed by atoms with Crippen molar-refractivity contribution >= 4 is 40.1 Å². The predicted octanol–water partition coefficient (Wildman–Crippen LogP) is 2.11. The lowest BCUT2D eigenvalue weighted by Crippen LogP contribution is -2.07. The highest BCUT2D eigenvalue weighted by molar-refractivity contribution is 6.55. The van der Waals surface area contributed by atoms with Gasteiger partial charge in [-0.15, -0.1) is 0 Å². The maximum atomic E-state index is 11.4. The third-order valence-electron chi connectivity index (χ3n) is 1.90. The number of fused-ring (bicyclic) bond motifs is 1. The number of carbonyl (C=O) groups is 1. The van der Waals surface area contributed by atoms with Crippen LogP contribution in [-0.4, -0.2) is 15.6 Å². The Hall–Kier alpha value is -1.26. The van der Waals surface area contributed by atoms with Gasteiger partial charge in [0, 0.05) is 5.56 Å². The van der Waals surface area contributed by atoms with Crippen molar-refractivity contribution in [2.24, 2.45) is 0 Å². The van der Waals surface area contributed by atoms with Crippen LogP contribution in [0.25, 0.3) is 11.1 Å². The summed E-state index contributed by atoms with van der Waals surface area (Å²) in [7, 11) is 0. The molecule has 2 aromatic rings. The highest BCUT2D eigenvalue weighted by Crippen LogP contribution is 2.16. The standard InChI is InChI=1S/C9H5Cl2NO3/c10-8(11)7(13)4-1-2-6-5(3-4)12-9(14)15-6/h1-3,8H,(H,12,14). The first kappa shape index (κ1) is 10.3. The van der Waals surface area contributed by atoms with Gasteiger partial charge >= 0.3 is 5.76 Å². The summed E-state index contributed by atoms with van der Waals surface area (Å²) < 4.78 is 4.77. The zero-order chi connectivity index (χ0) is 11.0. The van der Waals surface area contributed by atoms with Gasteiger partial charge in [0.2, 0.25) is 0 Å². The van der Waals surface area contributed by atoms with E-state index in [0.29, 0.717) is 16.7 Å². The van der Waals surface area contributed by atoms with E-state index in [1.165, 1.54) is 18.2 Å². The number of Topliss-reactive ketones (excluding diaryl/α,β-unsaturated/α-hetero) is 1. The van der Waals surface area contributed by atoms with Crippen LogP contribution in [0.1, 0.15) is 10.4 Å². The summed E-state index contributed by atoms with van der Waals surface area (Å²) in [4.78, 5) is 23.6. The highest BCUT2D eigenvalue weighted by atomic mass is 35.5. The van der Waals surface area contributed by atoms with Gasteiger partial charge in [-0.3, -0.25) is 9.78 Å². The topological polar surface area (TPSA) is 63.1 Å². The van der Waals surface area contributed by atoms with Crippen molar-refractivity contribution in [1.82, 2.24) is 4.98 Å². The Bertz CT molecular complexity index is 570. The molecule has 6 heteroatoms. The lowest BCUT2D eigenvalue weighted by atomic mass is 10.1. The average Bonchev–Trinajstić information content (AvgIpc) is 2.55. The van der Waals surface area contributed by atoms with Crippen molar-refractivity contribution in [1.29, 1.82) is 0 Å². The summed E-state index contributed by atoms with van der Waals surface area (Å²) in [6.07, 6.45) is 0. The molecule has 0 saturated carbocycles. The molecule has 1 aromatic heterocycles. The molecule has 0 aliphatic carbocycles. The number of H-pyrrole nitrogens is 1. The van der Waals surface area contributed by atoms with E-state index in [1.54, 1.807) is 0 Å². The van der Waals surface area contributed by atoms with Crippen molar-refractivity contribution in [3.05, 3.63) is 34.3 Å². The summed E-state index contributed by atoms with van der Waals surface area (Å²) in [6, 6.07) is 4.48. The first-order valence-electron chi connectivity index (χ1n) is 4.03. The summed E-state index contributed by atoms with van der Waals surface area (Å²) in [6.45, 7) is 0. The first-order valence-corrected chi connectivity index (χ1v) is 4.90. The largest absolute Gasteiger partial charge is 0.417 e. The van der Waals surface area contributed by atoms with E-state index in [9.17, 15) is 9.59 Å². The molecule has 0 amide bonds. The molecule has 0 aliphatic rings. The fourth-order valence-corrected chi connectivity index (χ4v) is 1.48. The van der Waals surface area contributed by atoms with Gasteiger partial charge in [0.05, 0.1) is 5.52 Å². The zero-order valence-corrected chi connectivity index (χ0v) is 8.80. The number of nitrogens with one attached hydrogen (secondary N) is 1. The number of alkyl halides is 2. The van der Waals surface area contributed by atoms with E-state index in [0.717, 1.165) is 0 Å². The van der Waals surface area contributed by atoms with Crippen LogP contribution in [0, 0.1) is 0 Å². The number of benzene rings is 1. The molecule has 2 rings (SSSR count). The van der Waals surface area contributed by atoms with Crippen LogP contribution in [0.5, 0.6) is 0 Å². The molecule has 0 aliphatic heterocycles. The number of aromatic nitrogens is 1.